The lowest BCUT2D eigenvalue weighted by molar-refractivity contribution is 0.202. The first-order valence-electron chi connectivity index (χ1n) is 6.76. The van der Waals surface area contributed by atoms with Crippen LogP contribution in [0.2, 0.25) is 0 Å². The van der Waals surface area contributed by atoms with E-state index in [0.29, 0.717) is 6.04 Å². The zero-order chi connectivity index (χ0) is 13.7. The summed E-state index contributed by atoms with van der Waals surface area (Å²) in [6.45, 7) is 3.31. The Morgan fingerprint density at radius 2 is 2.32 bits per heavy atom. The van der Waals surface area contributed by atoms with E-state index in [1.54, 1.807) is 11.3 Å². The van der Waals surface area contributed by atoms with Crippen molar-refractivity contribution in [2.75, 3.05) is 33.8 Å². The Balaban J connectivity index is 1.94. The van der Waals surface area contributed by atoms with Crippen LogP contribution in [0.3, 0.4) is 0 Å². The minimum atomic E-state index is -0.0652. The van der Waals surface area contributed by atoms with Gasteiger partial charge in [-0.1, -0.05) is 11.8 Å². The van der Waals surface area contributed by atoms with Gasteiger partial charge >= 0.3 is 0 Å². The molecule has 1 fully saturated rings. The lowest BCUT2D eigenvalue weighted by Gasteiger charge is -2.26. The van der Waals surface area contributed by atoms with E-state index in [1.165, 1.54) is 24.3 Å². The van der Waals surface area contributed by atoms with Gasteiger partial charge in [-0.15, -0.1) is 11.3 Å². The van der Waals surface area contributed by atoms with E-state index in [2.05, 4.69) is 47.9 Å². The Kier molecular flexibility index (Phi) is 5.41. The molecule has 0 spiro atoms. The molecular formula is C15H22N2OS. The largest absolute Gasteiger partial charge is 0.384 e. The fourth-order valence-electron chi connectivity index (χ4n) is 2.59. The van der Waals surface area contributed by atoms with Gasteiger partial charge in [0.1, 0.15) is 6.61 Å². The van der Waals surface area contributed by atoms with Crippen molar-refractivity contribution >= 4 is 11.3 Å². The number of aliphatic hydroxyl groups excluding tert-OH is 1. The SMILES string of the molecule is CN(C)CC1CCCN1Cc1ccc(C#CCO)s1. The lowest BCUT2D eigenvalue weighted by atomic mass is 10.2. The predicted octanol–water partition coefficient (Wildman–Crippen LogP) is 1.62. The number of likely N-dealkylation sites (N-methyl/N-ethyl adjacent to an activating group) is 1. The van der Waals surface area contributed by atoms with Gasteiger partial charge in [-0.25, -0.2) is 0 Å². The van der Waals surface area contributed by atoms with Gasteiger partial charge in [0, 0.05) is 24.0 Å². The van der Waals surface area contributed by atoms with Crippen LogP contribution >= 0.6 is 11.3 Å². The molecule has 0 amide bonds. The van der Waals surface area contributed by atoms with Crippen LogP contribution in [0, 0.1) is 11.8 Å². The van der Waals surface area contributed by atoms with E-state index < -0.39 is 0 Å². The first kappa shape index (κ1) is 14.5. The molecule has 1 aliphatic rings. The summed E-state index contributed by atoms with van der Waals surface area (Å²) in [6.07, 6.45) is 2.61. The fourth-order valence-corrected chi connectivity index (χ4v) is 3.50. The lowest BCUT2D eigenvalue weighted by Crippen LogP contribution is -2.36. The smallest absolute Gasteiger partial charge is 0.104 e. The van der Waals surface area contributed by atoms with Crippen molar-refractivity contribution in [2.24, 2.45) is 0 Å². The van der Waals surface area contributed by atoms with E-state index in [4.69, 9.17) is 5.11 Å². The Bertz CT molecular complexity index is 458. The molecule has 3 nitrogen and oxygen atoms in total. The number of hydrogen-bond donors (Lipinski definition) is 1. The van der Waals surface area contributed by atoms with Crippen molar-refractivity contribution < 1.29 is 5.11 Å². The number of likely N-dealkylation sites (tertiary alicyclic amines) is 1. The molecule has 2 heterocycles. The molecule has 0 bridgehead atoms. The maximum Gasteiger partial charge on any atom is 0.104 e. The number of hydrogen-bond acceptors (Lipinski definition) is 4. The van der Waals surface area contributed by atoms with E-state index in [9.17, 15) is 0 Å². The Hall–Kier alpha value is -0.860. The highest BCUT2D eigenvalue weighted by molar-refractivity contribution is 7.12. The molecule has 19 heavy (non-hydrogen) atoms. The molecule has 1 unspecified atom stereocenters. The Morgan fingerprint density at radius 3 is 3.05 bits per heavy atom. The molecule has 1 atom stereocenters. The monoisotopic (exact) mass is 278 g/mol. The van der Waals surface area contributed by atoms with Gasteiger partial charge in [0.2, 0.25) is 0 Å². The molecule has 1 saturated heterocycles. The quantitative estimate of drug-likeness (QED) is 0.848. The minimum absolute atomic E-state index is 0.0652. The second-order valence-corrected chi connectivity index (χ2v) is 6.42. The van der Waals surface area contributed by atoms with Crippen molar-refractivity contribution in [3.8, 4) is 11.8 Å². The van der Waals surface area contributed by atoms with E-state index >= 15 is 0 Å². The molecule has 0 aliphatic carbocycles. The van der Waals surface area contributed by atoms with Crippen LogP contribution in [0.25, 0.3) is 0 Å². The highest BCUT2D eigenvalue weighted by atomic mass is 32.1. The van der Waals surface area contributed by atoms with Gasteiger partial charge in [-0.05, 0) is 45.6 Å². The summed E-state index contributed by atoms with van der Waals surface area (Å²) in [5.74, 6) is 5.68. The predicted molar refractivity (Wildman–Crippen MR) is 80.3 cm³/mol. The summed E-state index contributed by atoms with van der Waals surface area (Å²) < 4.78 is 0. The van der Waals surface area contributed by atoms with Crippen LogP contribution in [-0.2, 0) is 6.54 Å². The molecule has 1 aromatic heterocycles. The first-order chi connectivity index (χ1) is 9.19. The molecule has 1 aliphatic heterocycles. The first-order valence-corrected chi connectivity index (χ1v) is 7.58. The maximum absolute atomic E-state index is 8.70. The number of nitrogens with zero attached hydrogens (tertiary/aromatic N) is 2. The van der Waals surface area contributed by atoms with Crippen molar-refractivity contribution in [3.05, 3.63) is 21.9 Å². The highest BCUT2D eigenvalue weighted by Crippen LogP contribution is 2.24. The van der Waals surface area contributed by atoms with Gasteiger partial charge in [0.05, 0.1) is 4.88 Å². The van der Waals surface area contributed by atoms with Crippen molar-refractivity contribution in [1.82, 2.24) is 9.80 Å². The summed E-state index contributed by atoms with van der Waals surface area (Å²) in [7, 11) is 4.29. The standard InChI is InChI=1S/C15H22N2OS/c1-16(2)11-13-5-3-9-17(13)12-15-8-7-14(19-15)6-4-10-18/h7-8,13,18H,3,5,9-12H2,1-2H3. The normalized spacial score (nSPS) is 19.7. The maximum atomic E-state index is 8.70. The summed E-state index contributed by atoms with van der Waals surface area (Å²) in [6, 6.07) is 4.90. The average Bonchev–Trinajstić information content (AvgIpc) is 2.97. The third kappa shape index (κ3) is 4.32. The van der Waals surface area contributed by atoms with E-state index in [1.807, 2.05) is 0 Å². The third-order valence-electron chi connectivity index (χ3n) is 3.39. The zero-order valence-electron chi connectivity index (χ0n) is 11.7. The van der Waals surface area contributed by atoms with Crippen LogP contribution in [0.4, 0.5) is 0 Å². The van der Waals surface area contributed by atoms with E-state index in [-0.39, 0.29) is 6.61 Å². The average molecular weight is 278 g/mol. The van der Waals surface area contributed by atoms with Gasteiger partial charge in [-0.2, -0.15) is 0 Å². The number of rotatable bonds is 4. The topological polar surface area (TPSA) is 26.7 Å². The minimum Gasteiger partial charge on any atom is -0.384 e. The van der Waals surface area contributed by atoms with Crippen molar-refractivity contribution in [1.29, 1.82) is 0 Å². The van der Waals surface area contributed by atoms with Crippen LogP contribution in [0.5, 0.6) is 0 Å². The molecule has 1 N–H and O–H groups in total. The molecule has 0 saturated carbocycles. The second-order valence-electron chi connectivity index (χ2n) is 5.25. The molecular weight excluding hydrogens is 256 g/mol. The van der Waals surface area contributed by atoms with Gasteiger partial charge in [-0.3, -0.25) is 4.90 Å². The highest BCUT2D eigenvalue weighted by Gasteiger charge is 2.25. The van der Waals surface area contributed by atoms with Crippen molar-refractivity contribution in [2.45, 2.75) is 25.4 Å². The van der Waals surface area contributed by atoms with Gasteiger partial charge in [0.25, 0.3) is 0 Å². The van der Waals surface area contributed by atoms with Crippen LogP contribution in [0.15, 0.2) is 12.1 Å². The third-order valence-corrected chi connectivity index (χ3v) is 4.37. The van der Waals surface area contributed by atoms with Crippen LogP contribution in [-0.4, -0.2) is 54.7 Å². The van der Waals surface area contributed by atoms with Gasteiger partial charge in [0.15, 0.2) is 0 Å². The summed E-state index contributed by atoms with van der Waals surface area (Å²) in [4.78, 5) is 7.27. The number of thiophene rings is 1. The second kappa shape index (κ2) is 7.06. The van der Waals surface area contributed by atoms with Gasteiger partial charge < -0.3 is 10.0 Å². The fraction of sp³-hybridized carbons (Fsp3) is 0.600. The Labute approximate surface area is 119 Å². The summed E-state index contributed by atoms with van der Waals surface area (Å²) >= 11 is 1.74. The zero-order valence-corrected chi connectivity index (χ0v) is 12.5. The van der Waals surface area contributed by atoms with Crippen LogP contribution < -0.4 is 0 Å². The molecule has 0 aromatic carbocycles. The molecule has 1 aromatic rings. The molecule has 4 heteroatoms. The van der Waals surface area contributed by atoms with Crippen molar-refractivity contribution in [3.63, 3.8) is 0 Å². The molecule has 104 valence electrons. The molecule has 2 rings (SSSR count). The summed E-state index contributed by atoms with van der Waals surface area (Å²) in [5, 5.41) is 8.70. The Morgan fingerprint density at radius 1 is 1.47 bits per heavy atom. The summed E-state index contributed by atoms with van der Waals surface area (Å²) in [5.41, 5.74) is 0. The van der Waals surface area contributed by atoms with Crippen LogP contribution in [0.1, 0.15) is 22.6 Å². The van der Waals surface area contributed by atoms with E-state index in [0.717, 1.165) is 18.0 Å². The number of aliphatic hydroxyl groups is 1. The molecule has 0 radical (unpaired) electrons.